The first-order valence-electron chi connectivity index (χ1n) is 5.83. The normalized spacial score (nSPS) is 10.6. The average Bonchev–Trinajstić information content (AvgIpc) is 2.16. The summed E-state index contributed by atoms with van der Waals surface area (Å²) in [6.45, 7) is 9.02. The Labute approximate surface area is 83.5 Å². The van der Waals surface area contributed by atoms with E-state index in [1.807, 2.05) is 0 Å². The lowest BCUT2D eigenvalue weighted by Gasteiger charge is -2.05. The highest BCUT2D eigenvalue weighted by Gasteiger charge is 1.88. The molecule has 0 atom stereocenters. The summed E-state index contributed by atoms with van der Waals surface area (Å²) >= 11 is 0. The molecule has 0 bridgehead atoms. The highest BCUT2D eigenvalue weighted by atomic mass is 14.9. The maximum absolute atomic E-state index is 3.44. The van der Waals surface area contributed by atoms with Crippen LogP contribution in [0.1, 0.15) is 46.0 Å². The van der Waals surface area contributed by atoms with E-state index in [2.05, 4.69) is 24.5 Å². The zero-order chi connectivity index (χ0) is 9.78. The molecule has 0 aliphatic carbocycles. The minimum Gasteiger partial charge on any atom is -0.315 e. The van der Waals surface area contributed by atoms with E-state index in [-0.39, 0.29) is 0 Å². The van der Waals surface area contributed by atoms with Gasteiger partial charge >= 0.3 is 0 Å². The van der Waals surface area contributed by atoms with Crippen LogP contribution in [0.4, 0.5) is 0 Å². The molecule has 0 amide bonds. The van der Waals surface area contributed by atoms with Gasteiger partial charge in [0.2, 0.25) is 0 Å². The second kappa shape index (κ2) is 11.9. The highest BCUT2D eigenvalue weighted by Crippen LogP contribution is 1.96. The predicted octanol–water partition coefficient (Wildman–Crippen LogP) is 2.16. The summed E-state index contributed by atoms with van der Waals surface area (Å²) in [6.07, 6.45) is 6.66. The zero-order valence-corrected chi connectivity index (χ0v) is 9.36. The Hall–Kier alpha value is -0.0800. The average molecular weight is 186 g/mol. The largest absolute Gasteiger partial charge is 0.315 e. The lowest BCUT2D eigenvalue weighted by Crippen LogP contribution is -2.28. The molecular weight excluding hydrogens is 160 g/mol. The third-order valence-electron chi connectivity index (χ3n) is 2.11. The van der Waals surface area contributed by atoms with Crippen LogP contribution >= 0.6 is 0 Å². The molecule has 2 nitrogen and oxygen atoms in total. The summed E-state index contributed by atoms with van der Waals surface area (Å²) in [5.74, 6) is 0. The van der Waals surface area contributed by atoms with Gasteiger partial charge in [-0.15, -0.1) is 0 Å². The van der Waals surface area contributed by atoms with Gasteiger partial charge in [0.25, 0.3) is 0 Å². The molecule has 2 heteroatoms. The molecule has 0 spiro atoms. The van der Waals surface area contributed by atoms with Crippen molar-refractivity contribution in [3.8, 4) is 0 Å². The summed E-state index contributed by atoms with van der Waals surface area (Å²) in [4.78, 5) is 0. The van der Waals surface area contributed by atoms with Gasteiger partial charge in [0.05, 0.1) is 0 Å². The van der Waals surface area contributed by atoms with Crippen LogP contribution in [0.3, 0.4) is 0 Å². The molecule has 0 saturated heterocycles. The third kappa shape index (κ3) is 11.9. The Bertz CT molecular complexity index is 74.2. The quantitative estimate of drug-likeness (QED) is 0.511. The fourth-order valence-corrected chi connectivity index (χ4v) is 1.28. The van der Waals surface area contributed by atoms with Crippen molar-refractivity contribution in [2.45, 2.75) is 46.0 Å². The highest BCUT2D eigenvalue weighted by molar-refractivity contribution is 4.51. The van der Waals surface area contributed by atoms with E-state index in [4.69, 9.17) is 0 Å². The molecule has 2 N–H and O–H groups in total. The van der Waals surface area contributed by atoms with Gasteiger partial charge in [0, 0.05) is 13.1 Å². The summed E-state index contributed by atoms with van der Waals surface area (Å²) in [6, 6.07) is 0. The van der Waals surface area contributed by atoms with Crippen molar-refractivity contribution in [3.05, 3.63) is 0 Å². The maximum Gasteiger partial charge on any atom is 0.00767 e. The van der Waals surface area contributed by atoms with Crippen molar-refractivity contribution < 1.29 is 0 Å². The minimum absolute atomic E-state index is 1.11. The molecule has 0 saturated carbocycles. The molecule has 0 fully saturated rings. The van der Waals surface area contributed by atoms with Crippen LogP contribution in [0.2, 0.25) is 0 Å². The Kier molecular flexibility index (Phi) is 11.8. The Morgan fingerprint density at radius 3 is 1.92 bits per heavy atom. The monoisotopic (exact) mass is 186 g/mol. The Morgan fingerprint density at radius 2 is 1.31 bits per heavy atom. The van der Waals surface area contributed by atoms with Crippen LogP contribution in [-0.4, -0.2) is 26.2 Å². The van der Waals surface area contributed by atoms with Gasteiger partial charge in [0.15, 0.2) is 0 Å². The van der Waals surface area contributed by atoms with Crippen LogP contribution in [0, 0.1) is 0 Å². The molecule has 0 aromatic heterocycles. The smallest absolute Gasteiger partial charge is 0.00767 e. The van der Waals surface area contributed by atoms with Crippen molar-refractivity contribution in [1.82, 2.24) is 10.6 Å². The Balaban J connectivity index is 2.76. The van der Waals surface area contributed by atoms with Crippen LogP contribution in [0.15, 0.2) is 0 Å². The van der Waals surface area contributed by atoms with Crippen LogP contribution in [0.5, 0.6) is 0 Å². The van der Waals surface area contributed by atoms with Crippen molar-refractivity contribution in [2.24, 2.45) is 0 Å². The number of hydrogen-bond donors (Lipinski definition) is 2. The van der Waals surface area contributed by atoms with Gasteiger partial charge in [-0.05, 0) is 25.9 Å². The molecule has 0 unspecified atom stereocenters. The summed E-state index contributed by atoms with van der Waals surface area (Å²) < 4.78 is 0. The van der Waals surface area contributed by atoms with E-state index < -0.39 is 0 Å². The third-order valence-corrected chi connectivity index (χ3v) is 2.11. The van der Waals surface area contributed by atoms with Gasteiger partial charge < -0.3 is 10.6 Å². The summed E-state index contributed by atoms with van der Waals surface area (Å²) in [7, 11) is 0. The van der Waals surface area contributed by atoms with Crippen molar-refractivity contribution in [2.75, 3.05) is 26.2 Å². The molecule has 0 aromatic carbocycles. The number of hydrogen-bond acceptors (Lipinski definition) is 2. The van der Waals surface area contributed by atoms with E-state index in [1.165, 1.54) is 38.6 Å². The van der Waals surface area contributed by atoms with Crippen molar-refractivity contribution in [1.29, 1.82) is 0 Å². The van der Waals surface area contributed by atoms with Crippen LogP contribution in [-0.2, 0) is 0 Å². The molecule has 0 heterocycles. The Morgan fingerprint density at radius 1 is 0.615 bits per heavy atom. The first-order valence-corrected chi connectivity index (χ1v) is 5.83. The van der Waals surface area contributed by atoms with E-state index in [0.717, 1.165) is 19.6 Å². The fraction of sp³-hybridized carbons (Fsp3) is 1.00. The maximum atomic E-state index is 3.44. The lowest BCUT2D eigenvalue weighted by atomic mass is 10.2. The predicted molar refractivity (Wildman–Crippen MR) is 60.2 cm³/mol. The molecule has 0 aromatic rings. The van der Waals surface area contributed by atoms with Crippen molar-refractivity contribution >= 4 is 0 Å². The number of unbranched alkanes of at least 4 members (excludes halogenated alkanes) is 3. The molecule has 0 radical (unpaired) electrons. The topological polar surface area (TPSA) is 24.1 Å². The number of nitrogens with one attached hydrogen (secondary N) is 2. The van der Waals surface area contributed by atoms with Crippen LogP contribution < -0.4 is 10.6 Å². The van der Waals surface area contributed by atoms with Crippen molar-refractivity contribution in [3.63, 3.8) is 0 Å². The molecule has 13 heavy (non-hydrogen) atoms. The zero-order valence-electron chi connectivity index (χ0n) is 9.36. The second-order valence-electron chi connectivity index (χ2n) is 3.56. The van der Waals surface area contributed by atoms with Gasteiger partial charge in [-0.3, -0.25) is 0 Å². The standard InChI is InChI=1S/C11H26N2/c1-3-5-6-7-9-13-11-10-12-8-4-2/h12-13H,3-11H2,1-2H3. The van der Waals surface area contributed by atoms with Gasteiger partial charge in [0.1, 0.15) is 0 Å². The lowest BCUT2D eigenvalue weighted by molar-refractivity contribution is 0.571. The molecule has 0 rings (SSSR count). The molecule has 80 valence electrons. The molecular formula is C11H26N2. The molecule has 0 aliphatic heterocycles. The van der Waals surface area contributed by atoms with E-state index in [1.54, 1.807) is 0 Å². The SMILES string of the molecule is CCCCCCNCCNCCC. The minimum atomic E-state index is 1.11. The second-order valence-corrected chi connectivity index (χ2v) is 3.56. The van der Waals surface area contributed by atoms with E-state index in [0.29, 0.717) is 0 Å². The van der Waals surface area contributed by atoms with Crippen LogP contribution in [0.25, 0.3) is 0 Å². The van der Waals surface area contributed by atoms with E-state index >= 15 is 0 Å². The van der Waals surface area contributed by atoms with Gasteiger partial charge in [-0.2, -0.15) is 0 Å². The molecule has 0 aliphatic rings. The van der Waals surface area contributed by atoms with E-state index in [9.17, 15) is 0 Å². The fourth-order valence-electron chi connectivity index (χ4n) is 1.28. The first kappa shape index (κ1) is 12.9. The number of rotatable bonds is 10. The van der Waals surface area contributed by atoms with Gasteiger partial charge in [-0.25, -0.2) is 0 Å². The van der Waals surface area contributed by atoms with Gasteiger partial charge in [-0.1, -0.05) is 33.1 Å². The summed E-state index contributed by atoms with van der Waals surface area (Å²) in [5.41, 5.74) is 0. The summed E-state index contributed by atoms with van der Waals surface area (Å²) in [5, 5.41) is 6.82. The first-order chi connectivity index (χ1) is 6.41.